The number of hydrogen-bond acceptors (Lipinski definition) is 2. The smallest absolute Gasteiger partial charge is 0.126 e. The van der Waals surface area contributed by atoms with E-state index in [1.54, 1.807) is 13.3 Å². The van der Waals surface area contributed by atoms with E-state index in [4.69, 9.17) is 4.74 Å². The fraction of sp³-hybridized carbons (Fsp3) is 0.444. The molecule has 2 nitrogen and oxygen atoms in total. The van der Waals surface area contributed by atoms with Crippen molar-refractivity contribution < 1.29 is 37.4 Å². The van der Waals surface area contributed by atoms with E-state index in [2.05, 4.69) is 24.9 Å². The summed E-state index contributed by atoms with van der Waals surface area (Å²) in [7, 11) is 1.62. The minimum Gasteiger partial charge on any atom is -0.497 e. The van der Waals surface area contributed by atoms with Gasteiger partial charge in [-0.1, -0.05) is 26.0 Å². The van der Waals surface area contributed by atoms with Crippen LogP contribution in [0.15, 0.2) is 12.3 Å². The van der Waals surface area contributed by atoms with Gasteiger partial charge in [-0.2, -0.15) is 0 Å². The molecule has 0 aromatic carbocycles. The predicted octanol–water partition coefficient (Wildman–Crippen LogP) is 2.01. The van der Waals surface area contributed by atoms with Crippen LogP contribution in [0.5, 0.6) is 5.88 Å². The van der Waals surface area contributed by atoms with Crippen molar-refractivity contribution in [1.29, 1.82) is 0 Å². The number of rotatable bonds is 2. The molecule has 0 saturated carbocycles. The van der Waals surface area contributed by atoms with Crippen molar-refractivity contribution >= 4 is 0 Å². The molecule has 1 radical (unpaired) electrons. The molecule has 1 aromatic rings. The van der Waals surface area contributed by atoms with E-state index in [0.717, 1.165) is 5.56 Å². The van der Waals surface area contributed by atoms with Crippen LogP contribution < -0.4 is 4.74 Å². The van der Waals surface area contributed by atoms with Gasteiger partial charge in [0.05, 0.1) is 7.11 Å². The zero-order valence-corrected chi connectivity index (χ0v) is 10.5. The topological polar surface area (TPSA) is 22.1 Å². The summed E-state index contributed by atoms with van der Waals surface area (Å²) in [5.74, 6) is 1.14. The normalized spacial score (nSPS) is 9.33. The molecule has 0 amide bonds. The van der Waals surface area contributed by atoms with Gasteiger partial charge in [-0.05, 0) is 0 Å². The Morgan fingerprint density at radius 2 is 2.17 bits per heavy atom. The first kappa shape index (κ1) is 12.1. The van der Waals surface area contributed by atoms with E-state index in [0.29, 0.717) is 11.8 Å². The first-order chi connectivity index (χ1) is 5.24. The second-order valence-corrected chi connectivity index (χ2v) is 2.70. The third-order valence-corrected chi connectivity index (χ3v) is 1.53. The number of nitrogens with zero attached hydrogens (tertiary/aromatic N) is 1. The van der Waals surface area contributed by atoms with Crippen molar-refractivity contribution in [2.75, 3.05) is 7.11 Å². The Bertz CT molecular complexity index is 238. The van der Waals surface area contributed by atoms with Gasteiger partial charge in [-0.15, -0.1) is 6.07 Å². The van der Waals surface area contributed by atoms with Crippen LogP contribution in [0.4, 0.5) is 0 Å². The van der Waals surface area contributed by atoms with E-state index >= 15 is 0 Å². The van der Waals surface area contributed by atoms with Crippen LogP contribution in [-0.4, -0.2) is 12.1 Å². The Labute approximate surface area is 98.6 Å². The van der Waals surface area contributed by atoms with Crippen LogP contribution in [-0.2, 0) is 32.7 Å². The molecule has 0 spiro atoms. The fourth-order valence-electron chi connectivity index (χ4n) is 0.827. The van der Waals surface area contributed by atoms with Crippen LogP contribution in [0.1, 0.15) is 25.3 Å². The van der Waals surface area contributed by atoms with Crippen molar-refractivity contribution in [2.45, 2.75) is 19.8 Å². The molecule has 0 N–H and O–H groups in total. The van der Waals surface area contributed by atoms with Crippen molar-refractivity contribution in [2.24, 2.45) is 0 Å². The molecule has 0 aliphatic carbocycles. The maximum absolute atomic E-state index is 4.97. The minimum atomic E-state index is 0. The summed E-state index contributed by atoms with van der Waals surface area (Å²) in [5.41, 5.74) is 1.14. The van der Waals surface area contributed by atoms with Crippen LogP contribution in [0.25, 0.3) is 0 Å². The van der Waals surface area contributed by atoms with Crippen LogP contribution in [0.3, 0.4) is 0 Å². The molecule has 1 aromatic heterocycles. The van der Waals surface area contributed by atoms with Gasteiger partial charge in [0.1, 0.15) is 5.88 Å². The van der Waals surface area contributed by atoms with Crippen molar-refractivity contribution in [3.8, 4) is 5.88 Å². The van der Waals surface area contributed by atoms with Gasteiger partial charge in [-0.25, -0.2) is 11.6 Å². The Morgan fingerprint density at radius 1 is 1.50 bits per heavy atom. The fourth-order valence-corrected chi connectivity index (χ4v) is 0.827. The Balaban J connectivity index is 0.00000121. The Kier molecular flexibility index (Phi) is 5.68. The molecule has 0 aliphatic heterocycles. The molecule has 0 unspecified atom stereocenters. The third kappa shape index (κ3) is 3.20. The molecule has 12 heavy (non-hydrogen) atoms. The standard InChI is InChI=1S/C9H12NO.Y/c1-7(2)8-4-5-10-9(6-8)11-3;/h5-7H,1-3H3;/q-1;. The van der Waals surface area contributed by atoms with Crippen molar-refractivity contribution in [3.05, 3.63) is 23.9 Å². The average Bonchev–Trinajstić information content (AvgIpc) is 2.05. The second-order valence-electron chi connectivity index (χ2n) is 2.70. The van der Waals surface area contributed by atoms with Crippen molar-refractivity contribution in [1.82, 2.24) is 4.98 Å². The van der Waals surface area contributed by atoms with Gasteiger partial charge in [0.15, 0.2) is 0 Å². The van der Waals surface area contributed by atoms with Crippen LogP contribution in [0.2, 0.25) is 0 Å². The maximum Gasteiger partial charge on any atom is 0.126 e. The second kappa shape index (κ2) is 5.66. The van der Waals surface area contributed by atoms with E-state index in [9.17, 15) is 0 Å². The molecule has 1 rings (SSSR count). The number of methoxy groups -OCH3 is 1. The number of pyridine rings is 1. The largest absolute Gasteiger partial charge is 0.497 e. The monoisotopic (exact) mass is 239 g/mol. The number of ether oxygens (including phenoxy) is 1. The summed E-state index contributed by atoms with van der Waals surface area (Å²) in [6.07, 6.45) is 1.65. The Hall–Kier alpha value is 0.0539. The molecule has 0 atom stereocenters. The van der Waals surface area contributed by atoms with E-state index in [1.807, 2.05) is 6.07 Å². The van der Waals surface area contributed by atoms with Gasteiger partial charge in [0.25, 0.3) is 0 Å². The van der Waals surface area contributed by atoms with Crippen LogP contribution in [0, 0.1) is 6.07 Å². The Morgan fingerprint density at radius 3 is 2.67 bits per heavy atom. The summed E-state index contributed by atoms with van der Waals surface area (Å²) >= 11 is 0. The molecule has 1 heterocycles. The zero-order chi connectivity index (χ0) is 8.27. The SMILES string of the molecule is COc1cc(C(C)C)[c-]cn1.[Y]. The van der Waals surface area contributed by atoms with Gasteiger partial charge in [0.2, 0.25) is 0 Å². The predicted molar refractivity (Wildman–Crippen MR) is 43.7 cm³/mol. The number of aromatic nitrogens is 1. The maximum atomic E-state index is 4.97. The van der Waals surface area contributed by atoms with Gasteiger partial charge >= 0.3 is 0 Å². The quantitative estimate of drug-likeness (QED) is 0.736. The van der Waals surface area contributed by atoms with E-state index in [-0.39, 0.29) is 32.7 Å². The zero-order valence-electron chi connectivity index (χ0n) is 7.66. The molecule has 0 saturated heterocycles. The summed E-state index contributed by atoms with van der Waals surface area (Å²) in [4.78, 5) is 3.96. The molecular formula is C9H12NOY-. The number of hydrogen-bond donors (Lipinski definition) is 0. The molecular weight excluding hydrogens is 227 g/mol. The summed E-state index contributed by atoms with van der Waals surface area (Å²) in [6, 6.07) is 4.96. The van der Waals surface area contributed by atoms with Crippen LogP contribution >= 0.6 is 0 Å². The first-order valence-electron chi connectivity index (χ1n) is 3.65. The van der Waals surface area contributed by atoms with E-state index in [1.165, 1.54) is 0 Å². The molecule has 0 aliphatic rings. The summed E-state index contributed by atoms with van der Waals surface area (Å²) in [6.45, 7) is 4.23. The van der Waals surface area contributed by atoms with Gasteiger partial charge in [0, 0.05) is 32.7 Å². The van der Waals surface area contributed by atoms with Gasteiger partial charge in [-0.3, -0.25) is 4.98 Å². The molecule has 0 fully saturated rings. The van der Waals surface area contributed by atoms with E-state index < -0.39 is 0 Å². The first-order valence-corrected chi connectivity index (χ1v) is 3.65. The molecule has 3 heteroatoms. The third-order valence-electron chi connectivity index (χ3n) is 1.53. The minimum absolute atomic E-state index is 0. The molecule has 63 valence electrons. The summed E-state index contributed by atoms with van der Waals surface area (Å²) < 4.78 is 4.97. The van der Waals surface area contributed by atoms with Gasteiger partial charge < -0.3 is 4.74 Å². The summed E-state index contributed by atoms with van der Waals surface area (Å²) in [5, 5.41) is 0. The molecule has 0 bridgehead atoms. The average molecular weight is 239 g/mol. The van der Waals surface area contributed by atoms with Crippen molar-refractivity contribution in [3.63, 3.8) is 0 Å².